The lowest BCUT2D eigenvalue weighted by Gasteiger charge is -2.47. The van der Waals surface area contributed by atoms with Gasteiger partial charge in [-0.05, 0) is 61.8 Å². The van der Waals surface area contributed by atoms with Crippen LogP contribution in [0.1, 0.15) is 36.5 Å². The molecule has 194 valence electrons. The van der Waals surface area contributed by atoms with Crippen molar-refractivity contribution in [2.75, 3.05) is 55.6 Å². The summed E-state index contributed by atoms with van der Waals surface area (Å²) in [6.07, 6.45) is 2.27. The summed E-state index contributed by atoms with van der Waals surface area (Å²) in [5.74, 6) is 1.53. The Balaban J connectivity index is 1.10. The van der Waals surface area contributed by atoms with Crippen LogP contribution in [0.5, 0.6) is 0 Å². The zero-order chi connectivity index (χ0) is 26.6. The Morgan fingerprint density at radius 2 is 1.95 bits per heavy atom. The van der Waals surface area contributed by atoms with Crippen LogP contribution in [-0.4, -0.2) is 86.3 Å². The molecule has 5 heterocycles. The van der Waals surface area contributed by atoms with Crippen LogP contribution < -0.4 is 21.1 Å². The molecule has 0 aliphatic carbocycles. The molecule has 2 N–H and O–H groups in total. The van der Waals surface area contributed by atoms with Crippen LogP contribution >= 0.6 is 0 Å². The smallest absolute Gasteiger partial charge is 0.141 e. The van der Waals surface area contributed by atoms with E-state index in [1.54, 1.807) is 6.07 Å². The quantitative estimate of drug-likeness (QED) is 0.523. The van der Waals surface area contributed by atoms with E-state index in [2.05, 4.69) is 58.8 Å². The van der Waals surface area contributed by atoms with Gasteiger partial charge in [0.2, 0.25) is 0 Å². The highest BCUT2D eigenvalue weighted by molar-refractivity contribution is 6.31. The Kier molecular flexibility index (Phi) is 6.30. The number of morpholine rings is 1. The van der Waals surface area contributed by atoms with Crippen molar-refractivity contribution in [3.8, 4) is 6.07 Å². The van der Waals surface area contributed by atoms with Gasteiger partial charge >= 0.3 is 0 Å². The molecule has 0 amide bonds. The number of likely N-dealkylation sites (tertiary alicyclic amines) is 1. The van der Waals surface area contributed by atoms with E-state index in [0.29, 0.717) is 22.6 Å². The third kappa shape index (κ3) is 4.73. The van der Waals surface area contributed by atoms with Gasteiger partial charge in [0.25, 0.3) is 0 Å². The number of rotatable bonds is 5. The van der Waals surface area contributed by atoms with Crippen LogP contribution in [-0.2, 0) is 4.74 Å². The molecule has 9 heteroatoms. The molecule has 3 aliphatic heterocycles. The number of pyridine rings is 2. The molecule has 8 nitrogen and oxygen atoms in total. The lowest BCUT2D eigenvalue weighted by atomic mass is 9.89. The Morgan fingerprint density at radius 1 is 1.16 bits per heavy atom. The van der Waals surface area contributed by atoms with Crippen molar-refractivity contribution in [2.24, 2.45) is 5.73 Å². The first-order valence-corrected chi connectivity index (χ1v) is 13.4. The third-order valence-corrected chi connectivity index (χ3v) is 8.07. The average molecular weight is 507 g/mol. The van der Waals surface area contributed by atoms with Crippen molar-refractivity contribution in [1.82, 2.24) is 14.9 Å². The molecule has 1 aromatic carbocycles. The predicted molar refractivity (Wildman–Crippen MR) is 151 cm³/mol. The van der Waals surface area contributed by atoms with E-state index in [4.69, 9.17) is 23.3 Å². The number of hydrogen-bond donors (Lipinski definition) is 1. The van der Waals surface area contributed by atoms with Gasteiger partial charge in [0.15, 0.2) is 0 Å². The number of benzene rings is 1. The van der Waals surface area contributed by atoms with Crippen LogP contribution in [0.15, 0.2) is 36.5 Å². The number of anilines is 2. The van der Waals surface area contributed by atoms with E-state index in [1.165, 1.54) is 11.1 Å². The van der Waals surface area contributed by atoms with Crippen molar-refractivity contribution >= 4 is 35.8 Å². The molecule has 0 bridgehead atoms. The van der Waals surface area contributed by atoms with Gasteiger partial charge in [0.05, 0.1) is 23.3 Å². The Hall–Kier alpha value is -3.19. The van der Waals surface area contributed by atoms with Crippen LogP contribution in [0, 0.1) is 18.3 Å². The van der Waals surface area contributed by atoms with Gasteiger partial charge in [-0.25, -0.2) is 4.98 Å². The minimum Gasteiger partial charge on any atom is -0.370 e. The fourth-order valence-electron chi connectivity index (χ4n) is 6.27. The van der Waals surface area contributed by atoms with Crippen molar-refractivity contribution in [3.63, 3.8) is 0 Å². The minimum absolute atomic E-state index is 0.102. The molecule has 0 saturated carbocycles. The fourth-order valence-corrected chi connectivity index (χ4v) is 6.27. The summed E-state index contributed by atoms with van der Waals surface area (Å²) in [6, 6.07) is 12.1. The van der Waals surface area contributed by atoms with Crippen molar-refractivity contribution in [3.05, 3.63) is 53.2 Å². The van der Waals surface area contributed by atoms with Gasteiger partial charge in [-0.15, -0.1) is 0 Å². The number of nitriles is 1. The van der Waals surface area contributed by atoms with Gasteiger partial charge < -0.3 is 20.3 Å². The normalized spacial score (nSPS) is 23.7. The predicted octanol–water partition coefficient (Wildman–Crippen LogP) is 1.83. The number of hydrogen-bond acceptors (Lipinski definition) is 8. The maximum Gasteiger partial charge on any atom is 0.141 e. The first-order chi connectivity index (χ1) is 18.2. The molecule has 6 rings (SSSR count). The van der Waals surface area contributed by atoms with E-state index >= 15 is 0 Å². The second kappa shape index (κ2) is 9.53. The molecule has 2 radical (unpaired) electrons. The second-order valence-corrected chi connectivity index (χ2v) is 11.7. The number of nitrogens with two attached hydrogens (primary N) is 1. The number of aryl methyl sites for hydroxylation is 1. The molecular formula is C29H34BN7O. The molecule has 0 unspecified atom stereocenters. The monoisotopic (exact) mass is 507 g/mol. The summed E-state index contributed by atoms with van der Waals surface area (Å²) >= 11 is 0. The number of ether oxygens (including phenoxy) is 1. The van der Waals surface area contributed by atoms with E-state index in [0.717, 1.165) is 62.7 Å². The lowest BCUT2D eigenvalue weighted by molar-refractivity contribution is -0.0435. The maximum atomic E-state index is 9.56. The minimum atomic E-state index is -0.102. The maximum absolute atomic E-state index is 9.56. The highest BCUT2D eigenvalue weighted by atomic mass is 16.5. The van der Waals surface area contributed by atoms with Gasteiger partial charge in [0, 0.05) is 74.5 Å². The first kappa shape index (κ1) is 25.1. The highest BCUT2D eigenvalue weighted by Crippen LogP contribution is 2.34. The summed E-state index contributed by atoms with van der Waals surface area (Å²) in [4.78, 5) is 16.3. The van der Waals surface area contributed by atoms with Crippen molar-refractivity contribution < 1.29 is 4.74 Å². The summed E-state index contributed by atoms with van der Waals surface area (Å²) in [7, 11) is 5.93. The molecule has 0 spiro atoms. The van der Waals surface area contributed by atoms with Crippen LogP contribution in [0.25, 0.3) is 10.9 Å². The van der Waals surface area contributed by atoms with Crippen LogP contribution in [0.3, 0.4) is 0 Å². The molecule has 3 aliphatic rings. The third-order valence-electron chi connectivity index (χ3n) is 8.07. The number of nitrogens with zero attached hydrogens (tertiary/aromatic N) is 6. The number of aromatic nitrogens is 2. The molecule has 3 fully saturated rings. The zero-order valence-electron chi connectivity index (χ0n) is 22.4. The average Bonchev–Trinajstić information content (AvgIpc) is 2.83. The largest absolute Gasteiger partial charge is 0.370 e. The van der Waals surface area contributed by atoms with Gasteiger partial charge in [-0.1, -0.05) is 6.07 Å². The zero-order valence-corrected chi connectivity index (χ0v) is 22.4. The Labute approximate surface area is 225 Å². The summed E-state index contributed by atoms with van der Waals surface area (Å²) in [5, 5.41) is 10.5. The summed E-state index contributed by atoms with van der Waals surface area (Å²) in [6.45, 7) is 12.6. The molecular weight excluding hydrogens is 473 g/mol. The van der Waals surface area contributed by atoms with Crippen LogP contribution in [0.2, 0.25) is 0 Å². The number of fused-ring (bicyclic) bond motifs is 1. The van der Waals surface area contributed by atoms with E-state index in [1.807, 2.05) is 18.2 Å². The topological polar surface area (TPSA) is 94.5 Å². The van der Waals surface area contributed by atoms with E-state index < -0.39 is 0 Å². The molecule has 3 saturated heterocycles. The van der Waals surface area contributed by atoms with Gasteiger partial charge in [0.1, 0.15) is 19.7 Å². The van der Waals surface area contributed by atoms with E-state index in [9.17, 15) is 5.26 Å². The standard InChI is InChI=1S/C29H34BN7O/c1-18-8-27(37-16-29(3,32)17-37)33-10-24(18)21-12-35(13-21)14-22-15-36(11-19(2)38-22)25-6-4-20(9-31)28-23(25)5-7-26(30)34-28/h4-8,10,19,21-22H,11-17,32H2,1-3H3/t19-,22+/m1/s1. The summed E-state index contributed by atoms with van der Waals surface area (Å²) in [5.41, 5.74) is 11.4. The van der Waals surface area contributed by atoms with Gasteiger partial charge in [-0.2, -0.15) is 5.26 Å². The van der Waals surface area contributed by atoms with Crippen LogP contribution in [0.4, 0.5) is 11.5 Å². The lowest BCUT2D eigenvalue weighted by Crippen LogP contribution is -2.65. The van der Waals surface area contributed by atoms with Crippen molar-refractivity contribution in [2.45, 2.75) is 44.4 Å². The summed E-state index contributed by atoms with van der Waals surface area (Å²) < 4.78 is 6.36. The van der Waals surface area contributed by atoms with E-state index in [-0.39, 0.29) is 17.7 Å². The second-order valence-electron chi connectivity index (χ2n) is 11.7. The first-order valence-electron chi connectivity index (χ1n) is 13.4. The molecule has 2 aromatic heterocycles. The Bertz CT molecular complexity index is 1410. The molecule has 2 atom stereocenters. The molecule has 38 heavy (non-hydrogen) atoms. The fraction of sp³-hybridized carbons (Fsp3) is 0.483. The Morgan fingerprint density at radius 3 is 2.66 bits per heavy atom. The molecule has 3 aromatic rings. The highest BCUT2D eigenvalue weighted by Gasteiger charge is 2.37. The van der Waals surface area contributed by atoms with Gasteiger partial charge in [-0.3, -0.25) is 9.88 Å². The van der Waals surface area contributed by atoms with Crippen molar-refractivity contribution in [1.29, 1.82) is 5.26 Å². The SMILES string of the molecule is [B]c1ccc2c(N3C[C@H](CN4CC(c5cnc(N6CC(C)(N)C6)cc5C)C4)O[C@H](C)C3)ccc(C#N)c2n1.